The minimum Gasteiger partial charge on any atom is -0.374 e. The fourth-order valence-corrected chi connectivity index (χ4v) is 7.72. The van der Waals surface area contributed by atoms with Crippen molar-refractivity contribution in [2.24, 2.45) is 0 Å². The Bertz CT molecular complexity index is 1840. The van der Waals surface area contributed by atoms with Crippen LogP contribution in [0.25, 0.3) is 0 Å². The Morgan fingerprint density at radius 3 is 1.32 bits per heavy atom. The number of rotatable bonds is 20. The molecule has 0 saturated carbocycles. The van der Waals surface area contributed by atoms with Gasteiger partial charge in [0.2, 0.25) is 0 Å². The predicted octanol–water partition coefficient (Wildman–Crippen LogP) is 7.74. The monoisotopic (exact) mass is 792 g/mol. The standard InChI is InChI=1S/C47H52O9S/c1-57-33-40-41(50-28-35-19-9-3-10-20-35)45(53-31-38-25-15-6-16-26-38)47(55-40)56-42-39(32-49-27-34-17-7-2-8-18-34)54-46(48)44(52-30-37-23-13-5-14-24-37)43(42)51-29-36-21-11-4-12-22-36/h2-26,39-48H,27-33H2,1H3/t39-,40-,41+,42-,43+,44+,45-,46+,47-/m1/s1. The number of hydrogen-bond donors (Lipinski definition) is 1. The molecule has 9 atom stereocenters. The van der Waals surface area contributed by atoms with Gasteiger partial charge in [0, 0.05) is 5.75 Å². The van der Waals surface area contributed by atoms with E-state index < -0.39 is 49.2 Å². The zero-order chi connectivity index (χ0) is 39.1. The second-order valence-electron chi connectivity index (χ2n) is 14.2. The number of aliphatic hydroxyl groups excluding tert-OH is 1. The third-order valence-corrected chi connectivity index (χ3v) is 10.7. The highest BCUT2D eigenvalue weighted by Crippen LogP contribution is 2.36. The second kappa shape index (κ2) is 21.7. The Kier molecular flexibility index (Phi) is 15.7. The van der Waals surface area contributed by atoms with Crippen molar-refractivity contribution in [1.82, 2.24) is 0 Å². The molecule has 2 fully saturated rings. The van der Waals surface area contributed by atoms with Crippen molar-refractivity contribution in [3.8, 4) is 0 Å². The third kappa shape index (κ3) is 11.8. The van der Waals surface area contributed by atoms with Crippen molar-refractivity contribution in [3.05, 3.63) is 179 Å². The zero-order valence-corrected chi connectivity index (χ0v) is 33.0. The average Bonchev–Trinajstić information content (AvgIpc) is 3.58. The molecule has 5 aromatic carbocycles. The van der Waals surface area contributed by atoms with Gasteiger partial charge in [-0.15, -0.1) is 0 Å². The molecule has 1 N–H and O–H groups in total. The van der Waals surface area contributed by atoms with Gasteiger partial charge in [-0.05, 0) is 34.1 Å². The molecule has 0 spiro atoms. The lowest BCUT2D eigenvalue weighted by Crippen LogP contribution is -2.62. The lowest BCUT2D eigenvalue weighted by Gasteiger charge is -2.45. The van der Waals surface area contributed by atoms with Crippen molar-refractivity contribution in [2.75, 3.05) is 18.6 Å². The molecule has 2 saturated heterocycles. The quantitative estimate of drug-likeness (QED) is 0.0845. The first-order valence-electron chi connectivity index (χ1n) is 19.5. The van der Waals surface area contributed by atoms with Crippen LogP contribution in [0.3, 0.4) is 0 Å². The van der Waals surface area contributed by atoms with Crippen LogP contribution >= 0.6 is 11.8 Å². The molecule has 0 aromatic heterocycles. The van der Waals surface area contributed by atoms with Gasteiger partial charge in [-0.25, -0.2) is 0 Å². The van der Waals surface area contributed by atoms with Crippen LogP contribution in [0.4, 0.5) is 0 Å². The maximum atomic E-state index is 11.7. The number of hydrogen-bond acceptors (Lipinski definition) is 10. The summed E-state index contributed by atoms with van der Waals surface area (Å²) in [6.07, 6.45) is -4.88. The Morgan fingerprint density at radius 2 is 0.860 bits per heavy atom. The Labute approximate surface area is 340 Å². The summed E-state index contributed by atoms with van der Waals surface area (Å²) in [6.45, 7) is 1.64. The molecule has 2 aliphatic rings. The topological polar surface area (TPSA) is 94.1 Å². The fourth-order valence-electron chi connectivity index (χ4n) is 7.13. The first kappa shape index (κ1) is 41.3. The number of aliphatic hydroxyl groups is 1. The molecule has 5 aromatic rings. The minimum atomic E-state index is -1.33. The second-order valence-corrected chi connectivity index (χ2v) is 15.1. The van der Waals surface area contributed by atoms with Crippen LogP contribution in [0.15, 0.2) is 152 Å². The number of ether oxygens (including phenoxy) is 8. The van der Waals surface area contributed by atoms with Crippen molar-refractivity contribution in [3.63, 3.8) is 0 Å². The highest BCUT2D eigenvalue weighted by atomic mass is 32.2. The van der Waals surface area contributed by atoms with Gasteiger partial charge in [0.05, 0.1) is 45.7 Å². The molecule has 0 aliphatic carbocycles. The molecule has 57 heavy (non-hydrogen) atoms. The maximum absolute atomic E-state index is 11.7. The lowest BCUT2D eigenvalue weighted by molar-refractivity contribution is -0.338. The van der Waals surface area contributed by atoms with E-state index in [1.807, 2.05) is 158 Å². The lowest BCUT2D eigenvalue weighted by atomic mass is 9.97. The van der Waals surface area contributed by atoms with Crippen LogP contribution in [0.5, 0.6) is 0 Å². The highest BCUT2D eigenvalue weighted by Gasteiger charge is 2.53. The summed E-state index contributed by atoms with van der Waals surface area (Å²) in [5.74, 6) is 0.657. The molecule has 10 heteroatoms. The first-order valence-corrected chi connectivity index (χ1v) is 20.9. The van der Waals surface area contributed by atoms with Gasteiger partial charge >= 0.3 is 0 Å². The minimum absolute atomic E-state index is 0.109. The Balaban J connectivity index is 1.20. The molecule has 0 radical (unpaired) electrons. The summed E-state index contributed by atoms with van der Waals surface area (Å²) in [7, 11) is 0. The first-order chi connectivity index (χ1) is 28.1. The van der Waals surface area contributed by atoms with E-state index in [1.54, 1.807) is 11.8 Å². The van der Waals surface area contributed by atoms with E-state index >= 15 is 0 Å². The van der Waals surface area contributed by atoms with Crippen LogP contribution in [0.1, 0.15) is 27.8 Å². The van der Waals surface area contributed by atoms with Crippen LogP contribution < -0.4 is 0 Å². The van der Waals surface area contributed by atoms with Gasteiger partial charge in [0.15, 0.2) is 12.6 Å². The van der Waals surface area contributed by atoms with Crippen LogP contribution in [0, 0.1) is 0 Å². The van der Waals surface area contributed by atoms with E-state index in [1.165, 1.54) is 0 Å². The number of thioether (sulfide) groups is 1. The van der Waals surface area contributed by atoms with E-state index in [2.05, 4.69) is 0 Å². The third-order valence-electron chi connectivity index (χ3n) is 10.0. The van der Waals surface area contributed by atoms with Gasteiger partial charge < -0.3 is 43.0 Å². The van der Waals surface area contributed by atoms with E-state index in [9.17, 15) is 5.11 Å². The summed E-state index contributed by atoms with van der Waals surface area (Å²) < 4.78 is 53.2. The van der Waals surface area contributed by atoms with Crippen molar-refractivity contribution >= 4 is 11.8 Å². The molecule has 0 amide bonds. The fraction of sp³-hybridized carbons (Fsp3) is 0.362. The number of benzene rings is 5. The Hall–Kier alpha value is -3.91. The smallest absolute Gasteiger partial charge is 0.187 e. The Morgan fingerprint density at radius 1 is 0.456 bits per heavy atom. The molecular formula is C47H52O9S. The van der Waals surface area contributed by atoms with E-state index in [0.717, 1.165) is 27.8 Å². The van der Waals surface area contributed by atoms with Gasteiger partial charge in [-0.2, -0.15) is 11.8 Å². The maximum Gasteiger partial charge on any atom is 0.187 e. The molecule has 7 rings (SSSR count). The van der Waals surface area contributed by atoms with Crippen LogP contribution in [0.2, 0.25) is 0 Å². The van der Waals surface area contributed by atoms with Crippen molar-refractivity contribution in [2.45, 2.75) is 88.3 Å². The van der Waals surface area contributed by atoms with Gasteiger partial charge in [-0.1, -0.05) is 152 Å². The molecule has 300 valence electrons. The van der Waals surface area contributed by atoms with Gasteiger partial charge in [0.25, 0.3) is 0 Å². The van der Waals surface area contributed by atoms with Crippen LogP contribution in [-0.4, -0.2) is 79.0 Å². The van der Waals surface area contributed by atoms with E-state index in [0.29, 0.717) is 25.6 Å². The predicted molar refractivity (Wildman–Crippen MR) is 219 cm³/mol. The summed E-state index contributed by atoms with van der Waals surface area (Å²) in [5, 5.41) is 11.7. The SMILES string of the molecule is CSC[C@H]1O[C@H](O[C@H]2[C@H](OCc3ccccc3)[C@H](OCc3ccccc3)[C@@H](O)O[C@@H]2COCc2ccccc2)[C@H](OCc2ccccc2)[C@H]1OCc1ccccc1. The van der Waals surface area contributed by atoms with E-state index in [-0.39, 0.29) is 25.9 Å². The summed E-state index contributed by atoms with van der Waals surface area (Å²) >= 11 is 1.67. The highest BCUT2D eigenvalue weighted by molar-refractivity contribution is 7.98. The molecule has 0 bridgehead atoms. The molecular weight excluding hydrogens is 741 g/mol. The molecule has 2 aliphatic heterocycles. The van der Waals surface area contributed by atoms with Crippen molar-refractivity contribution < 1.29 is 43.0 Å². The largest absolute Gasteiger partial charge is 0.374 e. The summed E-state index contributed by atoms with van der Waals surface area (Å²) in [5.41, 5.74) is 4.99. The van der Waals surface area contributed by atoms with Gasteiger partial charge in [-0.3, -0.25) is 0 Å². The molecule has 9 nitrogen and oxygen atoms in total. The van der Waals surface area contributed by atoms with Crippen LogP contribution in [-0.2, 0) is 70.9 Å². The zero-order valence-electron chi connectivity index (χ0n) is 32.2. The van der Waals surface area contributed by atoms with Crippen molar-refractivity contribution in [1.29, 1.82) is 0 Å². The molecule has 0 unspecified atom stereocenters. The summed E-state index contributed by atoms with van der Waals surface area (Å²) in [4.78, 5) is 0. The summed E-state index contributed by atoms with van der Waals surface area (Å²) in [6, 6.07) is 49.8. The normalized spacial score (nSPS) is 26.0. The molecule has 2 heterocycles. The van der Waals surface area contributed by atoms with Gasteiger partial charge in [0.1, 0.15) is 36.6 Å². The van der Waals surface area contributed by atoms with E-state index in [4.69, 9.17) is 37.9 Å². The average molecular weight is 793 g/mol.